The number of hydrogen-bond acceptors (Lipinski definition) is 4. The molecule has 0 amide bonds. The smallest absolute Gasteiger partial charge is 0.469 e. The summed E-state index contributed by atoms with van der Waals surface area (Å²) in [5, 5.41) is 0. The predicted octanol–water partition coefficient (Wildman–Crippen LogP) is 2.29. The van der Waals surface area contributed by atoms with Gasteiger partial charge in [0.2, 0.25) is 0 Å². The van der Waals surface area contributed by atoms with Crippen LogP contribution in [0.4, 0.5) is 17.6 Å². The van der Waals surface area contributed by atoms with Crippen LogP contribution in [0.25, 0.3) is 0 Å². The highest BCUT2D eigenvalue weighted by Gasteiger charge is 2.31. The fourth-order valence-corrected chi connectivity index (χ4v) is 1.38. The first kappa shape index (κ1) is 15.2. The lowest BCUT2D eigenvalue weighted by atomic mass is 10.0. The number of ether oxygens (including phenoxy) is 2. The topological polar surface area (TPSA) is 61.5 Å². The SMILES string of the molecule is COC(=O)C[C@H](N)c1cc(OC(F)(F)F)ccc1F. The zero-order valence-corrected chi connectivity index (χ0v) is 9.83. The highest BCUT2D eigenvalue weighted by Crippen LogP contribution is 2.27. The van der Waals surface area contributed by atoms with E-state index in [1.807, 2.05) is 0 Å². The summed E-state index contributed by atoms with van der Waals surface area (Å²) in [5.41, 5.74) is 5.27. The Morgan fingerprint density at radius 3 is 2.58 bits per heavy atom. The van der Waals surface area contributed by atoms with Crippen LogP contribution in [0.2, 0.25) is 0 Å². The van der Waals surface area contributed by atoms with Gasteiger partial charge < -0.3 is 15.2 Å². The molecule has 0 saturated carbocycles. The summed E-state index contributed by atoms with van der Waals surface area (Å²) in [6, 6.07) is 1.28. The number of carbonyl (C=O) groups is 1. The van der Waals surface area contributed by atoms with Gasteiger partial charge in [0.25, 0.3) is 0 Å². The van der Waals surface area contributed by atoms with Crippen LogP contribution in [0.1, 0.15) is 18.0 Å². The molecule has 0 fully saturated rings. The Hall–Kier alpha value is -1.83. The van der Waals surface area contributed by atoms with Crippen molar-refractivity contribution in [3.63, 3.8) is 0 Å². The number of hydrogen-bond donors (Lipinski definition) is 1. The second kappa shape index (κ2) is 5.87. The quantitative estimate of drug-likeness (QED) is 0.679. The molecule has 1 atom stereocenters. The molecule has 0 unspecified atom stereocenters. The first-order chi connectivity index (χ1) is 8.73. The molecule has 8 heteroatoms. The van der Waals surface area contributed by atoms with Crippen LogP contribution in [0, 0.1) is 5.82 Å². The molecule has 0 spiro atoms. The average Bonchev–Trinajstić information content (AvgIpc) is 2.29. The van der Waals surface area contributed by atoms with Crippen molar-refractivity contribution in [3.8, 4) is 5.75 Å². The summed E-state index contributed by atoms with van der Waals surface area (Å²) in [6.07, 6.45) is -5.25. The van der Waals surface area contributed by atoms with Crippen LogP contribution in [0.15, 0.2) is 18.2 Å². The van der Waals surface area contributed by atoms with Crippen LogP contribution < -0.4 is 10.5 Å². The average molecular weight is 281 g/mol. The molecule has 2 N–H and O–H groups in total. The van der Waals surface area contributed by atoms with Gasteiger partial charge >= 0.3 is 12.3 Å². The number of nitrogens with two attached hydrogens (primary N) is 1. The second-order valence-corrected chi connectivity index (χ2v) is 3.62. The van der Waals surface area contributed by atoms with Crippen molar-refractivity contribution in [1.29, 1.82) is 0 Å². The van der Waals surface area contributed by atoms with Crippen LogP contribution in [0.5, 0.6) is 5.75 Å². The molecule has 0 aliphatic rings. The zero-order valence-electron chi connectivity index (χ0n) is 9.83. The van der Waals surface area contributed by atoms with Gasteiger partial charge in [-0.05, 0) is 18.2 Å². The van der Waals surface area contributed by atoms with E-state index in [0.29, 0.717) is 0 Å². The fraction of sp³-hybridized carbons (Fsp3) is 0.364. The highest BCUT2D eigenvalue weighted by molar-refractivity contribution is 5.70. The van der Waals surface area contributed by atoms with Gasteiger partial charge in [-0.3, -0.25) is 4.79 Å². The number of rotatable bonds is 4. The molecule has 0 aliphatic carbocycles. The molecule has 1 aromatic carbocycles. The summed E-state index contributed by atoms with van der Waals surface area (Å²) in [6.45, 7) is 0. The van der Waals surface area contributed by atoms with Crippen molar-refractivity contribution >= 4 is 5.97 Å². The summed E-state index contributed by atoms with van der Waals surface area (Å²) in [4.78, 5) is 11.0. The number of methoxy groups -OCH3 is 1. The van der Waals surface area contributed by atoms with Crippen molar-refractivity contribution in [2.45, 2.75) is 18.8 Å². The third kappa shape index (κ3) is 4.74. The standard InChI is InChI=1S/C11H11F4NO3/c1-18-10(17)5-9(16)7-4-6(2-3-8(7)12)19-11(13,14)15/h2-4,9H,5,16H2,1H3/t9-/m0/s1. The van der Waals surface area contributed by atoms with Gasteiger partial charge in [0, 0.05) is 11.6 Å². The monoisotopic (exact) mass is 281 g/mol. The minimum absolute atomic E-state index is 0.257. The van der Waals surface area contributed by atoms with Crippen LogP contribution in [-0.4, -0.2) is 19.4 Å². The highest BCUT2D eigenvalue weighted by atomic mass is 19.4. The van der Waals surface area contributed by atoms with Gasteiger partial charge in [-0.15, -0.1) is 13.2 Å². The number of alkyl halides is 3. The Morgan fingerprint density at radius 1 is 1.42 bits per heavy atom. The van der Waals surface area contributed by atoms with Crippen molar-refractivity contribution in [3.05, 3.63) is 29.6 Å². The summed E-state index contributed by atoms with van der Waals surface area (Å²) < 4.78 is 57.5. The van der Waals surface area contributed by atoms with Gasteiger partial charge in [0.05, 0.1) is 13.5 Å². The molecule has 1 aromatic rings. The Balaban J connectivity index is 2.93. The third-order valence-corrected chi connectivity index (χ3v) is 2.21. The molecule has 19 heavy (non-hydrogen) atoms. The molecule has 0 saturated heterocycles. The third-order valence-electron chi connectivity index (χ3n) is 2.21. The van der Waals surface area contributed by atoms with Crippen LogP contribution in [-0.2, 0) is 9.53 Å². The number of carbonyl (C=O) groups excluding carboxylic acids is 1. The van der Waals surface area contributed by atoms with Gasteiger partial charge in [-0.2, -0.15) is 0 Å². The van der Waals surface area contributed by atoms with E-state index in [9.17, 15) is 22.4 Å². The summed E-state index contributed by atoms with van der Waals surface area (Å²) >= 11 is 0. The van der Waals surface area contributed by atoms with Crippen molar-refractivity contribution in [2.75, 3.05) is 7.11 Å². The van der Waals surface area contributed by atoms with Gasteiger partial charge in [0.1, 0.15) is 11.6 Å². The number of esters is 1. The lowest BCUT2D eigenvalue weighted by Gasteiger charge is -2.14. The Labute approximate surface area is 106 Å². The van der Waals surface area contributed by atoms with Gasteiger partial charge in [-0.25, -0.2) is 4.39 Å². The van der Waals surface area contributed by atoms with E-state index in [0.717, 1.165) is 25.3 Å². The van der Waals surface area contributed by atoms with Crippen molar-refractivity contribution in [2.24, 2.45) is 5.73 Å². The van der Waals surface area contributed by atoms with Crippen LogP contribution >= 0.6 is 0 Å². The minimum Gasteiger partial charge on any atom is -0.469 e. The maximum atomic E-state index is 13.4. The maximum absolute atomic E-state index is 13.4. The predicted molar refractivity (Wildman–Crippen MR) is 56.6 cm³/mol. The van der Waals surface area contributed by atoms with Crippen molar-refractivity contribution in [1.82, 2.24) is 0 Å². The molecule has 4 nitrogen and oxygen atoms in total. The van der Waals surface area contributed by atoms with E-state index in [1.165, 1.54) is 0 Å². The molecular formula is C11H11F4NO3. The first-order valence-electron chi connectivity index (χ1n) is 5.10. The number of halogens is 4. The van der Waals surface area contributed by atoms with E-state index in [2.05, 4.69) is 9.47 Å². The Bertz CT molecular complexity index is 462. The van der Waals surface area contributed by atoms with E-state index < -0.39 is 29.9 Å². The number of benzene rings is 1. The fourth-order valence-electron chi connectivity index (χ4n) is 1.38. The Kier molecular flexibility index (Phi) is 4.71. The van der Waals surface area contributed by atoms with Gasteiger partial charge in [0.15, 0.2) is 0 Å². The lowest BCUT2D eigenvalue weighted by Crippen LogP contribution is -2.20. The normalized spacial score (nSPS) is 12.9. The van der Waals surface area contributed by atoms with E-state index in [4.69, 9.17) is 5.73 Å². The van der Waals surface area contributed by atoms with E-state index >= 15 is 0 Å². The molecular weight excluding hydrogens is 270 g/mol. The molecule has 0 aromatic heterocycles. The molecule has 0 aliphatic heterocycles. The van der Waals surface area contributed by atoms with E-state index in [-0.39, 0.29) is 12.0 Å². The summed E-state index contributed by atoms with van der Waals surface area (Å²) in [7, 11) is 1.12. The first-order valence-corrected chi connectivity index (χ1v) is 5.10. The summed E-state index contributed by atoms with van der Waals surface area (Å²) in [5.74, 6) is -2.14. The van der Waals surface area contributed by atoms with Crippen LogP contribution in [0.3, 0.4) is 0 Å². The largest absolute Gasteiger partial charge is 0.573 e. The van der Waals surface area contributed by atoms with E-state index in [1.54, 1.807) is 0 Å². The zero-order chi connectivity index (χ0) is 14.6. The maximum Gasteiger partial charge on any atom is 0.573 e. The second-order valence-electron chi connectivity index (χ2n) is 3.62. The van der Waals surface area contributed by atoms with Gasteiger partial charge in [-0.1, -0.05) is 0 Å². The molecule has 0 bridgehead atoms. The lowest BCUT2D eigenvalue weighted by molar-refractivity contribution is -0.274. The molecule has 106 valence electrons. The molecule has 1 rings (SSSR count). The Morgan fingerprint density at radius 2 is 2.05 bits per heavy atom. The van der Waals surface area contributed by atoms with Crippen molar-refractivity contribution < 1.29 is 31.8 Å². The minimum atomic E-state index is -4.89. The molecule has 0 radical (unpaired) electrons. The molecule has 0 heterocycles.